The van der Waals surface area contributed by atoms with Gasteiger partial charge in [-0.15, -0.1) is 0 Å². The van der Waals surface area contributed by atoms with Gasteiger partial charge in [0.25, 0.3) is 0 Å². The zero-order chi connectivity index (χ0) is 23.0. The van der Waals surface area contributed by atoms with E-state index >= 15 is 0 Å². The van der Waals surface area contributed by atoms with Crippen molar-refractivity contribution in [1.82, 2.24) is 4.90 Å². The van der Waals surface area contributed by atoms with Crippen molar-refractivity contribution in [3.05, 3.63) is 48.0 Å². The molecule has 0 heterocycles. The molecule has 0 atom stereocenters. The Morgan fingerprint density at radius 2 is 1.77 bits per heavy atom. The highest BCUT2D eigenvalue weighted by Gasteiger charge is 2.14. The van der Waals surface area contributed by atoms with E-state index in [1.54, 1.807) is 31.3 Å². The first-order valence-electron chi connectivity index (χ1n) is 9.38. The van der Waals surface area contributed by atoms with Crippen molar-refractivity contribution in [3.8, 4) is 17.2 Å². The van der Waals surface area contributed by atoms with Gasteiger partial charge in [0.15, 0.2) is 21.3 Å². The number of alkyl halides is 2. The van der Waals surface area contributed by atoms with Crippen LogP contribution in [0.5, 0.6) is 17.2 Å². The van der Waals surface area contributed by atoms with Gasteiger partial charge in [0.1, 0.15) is 5.75 Å². The second-order valence-corrected chi connectivity index (χ2v) is 8.82. The minimum atomic E-state index is -3.26. The normalized spacial score (nSPS) is 11.3. The van der Waals surface area contributed by atoms with Crippen molar-refractivity contribution in [2.24, 2.45) is 0 Å². The van der Waals surface area contributed by atoms with Gasteiger partial charge in [-0.05, 0) is 48.4 Å². The van der Waals surface area contributed by atoms with Crippen LogP contribution in [0.4, 0.5) is 8.78 Å². The van der Waals surface area contributed by atoms with E-state index in [4.69, 9.17) is 9.47 Å². The number of halogens is 2. The molecule has 0 saturated heterocycles. The minimum absolute atomic E-state index is 0.0723. The number of rotatable bonds is 11. The number of amides is 1. The Morgan fingerprint density at radius 1 is 1.10 bits per heavy atom. The molecule has 10 heteroatoms. The lowest BCUT2D eigenvalue weighted by molar-refractivity contribution is -0.130. The molecule has 0 aliphatic rings. The van der Waals surface area contributed by atoms with E-state index < -0.39 is 16.4 Å². The fourth-order valence-electron chi connectivity index (χ4n) is 2.75. The van der Waals surface area contributed by atoms with Gasteiger partial charge in [-0.1, -0.05) is 6.07 Å². The van der Waals surface area contributed by atoms with Crippen molar-refractivity contribution in [2.45, 2.75) is 30.9 Å². The van der Waals surface area contributed by atoms with Crippen LogP contribution in [0.3, 0.4) is 0 Å². The summed E-state index contributed by atoms with van der Waals surface area (Å²) in [5, 5.41) is 0. The Labute approximate surface area is 180 Å². The van der Waals surface area contributed by atoms with Crippen LogP contribution in [0.15, 0.2) is 47.4 Å². The highest BCUT2D eigenvalue weighted by atomic mass is 32.2. The molecule has 31 heavy (non-hydrogen) atoms. The van der Waals surface area contributed by atoms with Gasteiger partial charge >= 0.3 is 6.61 Å². The molecule has 0 radical (unpaired) electrons. The average Bonchev–Trinajstić information content (AvgIpc) is 2.71. The maximum absolute atomic E-state index is 12.4. The SMILES string of the molecule is COc1cc(CN(C)C(=O)CCCOc2ccc(S(C)(=O)=O)cc2)ccc1OC(F)F. The number of nitrogens with zero attached hydrogens (tertiary/aromatic N) is 1. The smallest absolute Gasteiger partial charge is 0.387 e. The molecule has 170 valence electrons. The lowest BCUT2D eigenvalue weighted by Gasteiger charge is -2.18. The Hall–Kier alpha value is -2.88. The van der Waals surface area contributed by atoms with Crippen LogP contribution >= 0.6 is 0 Å². The lowest BCUT2D eigenvalue weighted by atomic mass is 10.2. The number of hydrogen-bond acceptors (Lipinski definition) is 6. The molecule has 7 nitrogen and oxygen atoms in total. The van der Waals surface area contributed by atoms with Crippen molar-refractivity contribution in [1.29, 1.82) is 0 Å². The highest BCUT2D eigenvalue weighted by molar-refractivity contribution is 7.90. The van der Waals surface area contributed by atoms with Crippen LogP contribution in [0.1, 0.15) is 18.4 Å². The lowest BCUT2D eigenvalue weighted by Crippen LogP contribution is -2.26. The summed E-state index contributed by atoms with van der Waals surface area (Å²) in [6.45, 7) is -2.38. The number of ether oxygens (including phenoxy) is 3. The van der Waals surface area contributed by atoms with E-state index in [0.29, 0.717) is 24.3 Å². The molecule has 2 aromatic carbocycles. The van der Waals surface area contributed by atoms with Crippen LogP contribution in [-0.4, -0.2) is 52.9 Å². The average molecular weight is 457 g/mol. The summed E-state index contributed by atoms with van der Waals surface area (Å²) in [6.07, 6.45) is 1.86. The standard InChI is InChI=1S/C21H25F2NO6S/c1-24(14-15-6-11-18(30-21(22)23)19(13-15)28-2)20(25)5-4-12-29-16-7-9-17(10-8-16)31(3,26)27/h6-11,13,21H,4-5,12,14H2,1-3H3. The molecule has 0 fully saturated rings. The van der Waals surface area contributed by atoms with Gasteiger partial charge in [-0.3, -0.25) is 4.79 Å². The zero-order valence-corrected chi connectivity index (χ0v) is 18.3. The number of hydrogen-bond donors (Lipinski definition) is 0. The molecule has 1 amide bonds. The first kappa shape index (κ1) is 24.4. The molecule has 0 aromatic heterocycles. The Morgan fingerprint density at radius 3 is 2.35 bits per heavy atom. The summed E-state index contributed by atoms with van der Waals surface area (Å²) < 4.78 is 62.7. The second kappa shape index (κ2) is 10.9. The van der Waals surface area contributed by atoms with Gasteiger partial charge in [0.2, 0.25) is 5.91 Å². The van der Waals surface area contributed by atoms with Crippen LogP contribution < -0.4 is 14.2 Å². The Balaban J connectivity index is 1.81. The number of sulfone groups is 1. The van der Waals surface area contributed by atoms with Gasteiger partial charge < -0.3 is 19.1 Å². The van der Waals surface area contributed by atoms with E-state index in [1.165, 1.54) is 30.2 Å². The number of methoxy groups -OCH3 is 1. The zero-order valence-electron chi connectivity index (χ0n) is 17.5. The third kappa shape index (κ3) is 7.71. The summed E-state index contributed by atoms with van der Waals surface area (Å²) in [4.78, 5) is 14.1. The third-order valence-corrected chi connectivity index (χ3v) is 5.47. The molecule has 2 aromatic rings. The van der Waals surface area contributed by atoms with Crippen LogP contribution in [0.25, 0.3) is 0 Å². The van der Waals surface area contributed by atoms with Crippen molar-refractivity contribution < 1.29 is 36.2 Å². The van der Waals surface area contributed by atoms with Gasteiger partial charge in [0, 0.05) is 26.3 Å². The molecule has 0 aliphatic carbocycles. The van der Waals surface area contributed by atoms with E-state index in [2.05, 4.69) is 4.74 Å². The molecule has 2 rings (SSSR count). The van der Waals surface area contributed by atoms with E-state index in [0.717, 1.165) is 6.26 Å². The Bertz CT molecular complexity index is 980. The fourth-order valence-corrected chi connectivity index (χ4v) is 3.38. The third-order valence-electron chi connectivity index (χ3n) is 4.35. The van der Waals surface area contributed by atoms with Crippen molar-refractivity contribution in [3.63, 3.8) is 0 Å². The van der Waals surface area contributed by atoms with Crippen molar-refractivity contribution in [2.75, 3.05) is 27.0 Å². The molecule has 0 unspecified atom stereocenters. The number of benzene rings is 2. The van der Waals surface area contributed by atoms with E-state index in [9.17, 15) is 22.0 Å². The summed E-state index contributed by atoms with van der Waals surface area (Å²) in [5.74, 6) is 0.500. The van der Waals surface area contributed by atoms with Crippen LogP contribution in [-0.2, 0) is 21.2 Å². The summed E-state index contributed by atoms with van der Waals surface area (Å²) in [7, 11) is -0.267. The minimum Gasteiger partial charge on any atom is -0.494 e. The Kier molecular flexibility index (Phi) is 8.61. The molecular formula is C21H25F2NO6S. The fraction of sp³-hybridized carbons (Fsp3) is 0.381. The van der Waals surface area contributed by atoms with E-state index in [1.807, 2.05) is 0 Å². The predicted molar refractivity (Wildman–Crippen MR) is 110 cm³/mol. The van der Waals surface area contributed by atoms with Crippen LogP contribution in [0.2, 0.25) is 0 Å². The molecule has 0 spiro atoms. The van der Waals surface area contributed by atoms with Crippen LogP contribution in [0, 0.1) is 0 Å². The van der Waals surface area contributed by atoms with Gasteiger partial charge in [0.05, 0.1) is 18.6 Å². The maximum Gasteiger partial charge on any atom is 0.387 e. The molecule has 0 aliphatic heterocycles. The summed E-state index contributed by atoms with van der Waals surface area (Å²) in [6, 6.07) is 10.6. The second-order valence-electron chi connectivity index (χ2n) is 6.81. The largest absolute Gasteiger partial charge is 0.494 e. The summed E-state index contributed by atoms with van der Waals surface area (Å²) >= 11 is 0. The van der Waals surface area contributed by atoms with Gasteiger partial charge in [-0.2, -0.15) is 8.78 Å². The molecular weight excluding hydrogens is 432 g/mol. The molecule has 0 saturated carbocycles. The number of carbonyl (C=O) groups is 1. The quantitative estimate of drug-likeness (QED) is 0.480. The van der Waals surface area contributed by atoms with E-state index in [-0.39, 0.29) is 35.3 Å². The maximum atomic E-state index is 12.4. The first-order chi connectivity index (χ1) is 14.6. The summed E-state index contributed by atoms with van der Waals surface area (Å²) in [5.41, 5.74) is 0.705. The highest BCUT2D eigenvalue weighted by Crippen LogP contribution is 2.29. The van der Waals surface area contributed by atoms with Gasteiger partial charge in [-0.25, -0.2) is 8.42 Å². The topological polar surface area (TPSA) is 82.1 Å². The molecule has 0 N–H and O–H groups in total. The monoisotopic (exact) mass is 457 g/mol. The first-order valence-corrected chi connectivity index (χ1v) is 11.3. The predicted octanol–water partition coefficient (Wildman–Crippen LogP) is 3.52. The molecule has 0 bridgehead atoms. The van der Waals surface area contributed by atoms with Crippen molar-refractivity contribution >= 4 is 15.7 Å². The number of carbonyl (C=O) groups excluding carboxylic acids is 1.